The molecule has 2 saturated heterocycles. The molecule has 0 aromatic carbocycles. The second kappa shape index (κ2) is 6.27. The van der Waals surface area contributed by atoms with Crippen LogP contribution in [0.25, 0.3) is 0 Å². The standard InChI is InChI=1S/C19H20O8.Na/c1-8-5-11-14-12(7-17(3)13(20)6-10(8)26-17)27-19(24,9(2)15(21)22)18(14,4)16(23)25-11;/h5-6,11-12,14,24H,2,7H2,1,3-4H3,(H,21,22);/q;+1/p-1/b8-5-;/t11-,12+,14+,17+,18-,19-;/m1./s1. The van der Waals surface area contributed by atoms with Gasteiger partial charge in [-0.25, -0.2) is 0 Å². The summed E-state index contributed by atoms with van der Waals surface area (Å²) in [7, 11) is 0. The van der Waals surface area contributed by atoms with Crippen molar-refractivity contribution in [2.45, 2.75) is 50.8 Å². The first-order chi connectivity index (χ1) is 12.4. The third kappa shape index (κ3) is 2.45. The van der Waals surface area contributed by atoms with Crippen LogP contribution in [0.2, 0.25) is 0 Å². The predicted molar refractivity (Wildman–Crippen MR) is 86.4 cm³/mol. The summed E-state index contributed by atoms with van der Waals surface area (Å²) in [5.41, 5.74) is -3.16. The molecule has 0 aromatic rings. The Balaban J connectivity index is 0.00000225. The molecule has 0 amide bonds. The Morgan fingerprint density at radius 2 is 2.00 bits per heavy atom. The number of ether oxygens (including phenoxy) is 3. The molecule has 6 atom stereocenters. The van der Waals surface area contributed by atoms with Crippen molar-refractivity contribution in [2.75, 3.05) is 0 Å². The quantitative estimate of drug-likeness (QED) is 0.289. The minimum Gasteiger partial charge on any atom is -0.545 e. The van der Waals surface area contributed by atoms with Gasteiger partial charge in [0.1, 0.15) is 17.3 Å². The number of ketones is 1. The SMILES string of the molecule is C=C(C(=O)[O-])[C@@]1(O)O[C@H]2C[C@]3(C)OC(=CC3=O)/C(C)=C\[C@H]3OC(=O)[C@@]1(C)[C@H]23.[Na+]. The van der Waals surface area contributed by atoms with E-state index in [9.17, 15) is 24.6 Å². The van der Waals surface area contributed by atoms with Crippen LogP contribution in [0.5, 0.6) is 0 Å². The molecule has 144 valence electrons. The number of allylic oxidation sites excluding steroid dienone is 1. The number of esters is 1. The summed E-state index contributed by atoms with van der Waals surface area (Å²) < 4.78 is 17.0. The van der Waals surface area contributed by atoms with Crippen LogP contribution < -0.4 is 34.7 Å². The monoisotopic (exact) mass is 398 g/mol. The van der Waals surface area contributed by atoms with Crippen molar-refractivity contribution >= 4 is 17.7 Å². The maximum atomic E-state index is 12.7. The third-order valence-electron chi connectivity index (χ3n) is 6.28. The van der Waals surface area contributed by atoms with E-state index in [-0.39, 0.29) is 41.8 Å². The van der Waals surface area contributed by atoms with Gasteiger partial charge in [0.05, 0.1) is 12.1 Å². The number of hydrogen-bond acceptors (Lipinski definition) is 8. The molecular formula is C19H19NaO8. The molecule has 0 spiro atoms. The van der Waals surface area contributed by atoms with E-state index in [0.29, 0.717) is 11.3 Å². The Bertz CT molecular complexity index is 875. The number of carboxylic acids is 1. The molecular weight excluding hydrogens is 379 g/mol. The molecule has 4 rings (SSSR count). The smallest absolute Gasteiger partial charge is 0.545 e. The molecule has 0 saturated carbocycles. The van der Waals surface area contributed by atoms with Gasteiger partial charge in [-0.3, -0.25) is 9.59 Å². The van der Waals surface area contributed by atoms with Crippen LogP contribution in [0.3, 0.4) is 0 Å². The minimum atomic E-state index is -2.53. The Kier molecular flexibility index (Phi) is 4.76. The summed E-state index contributed by atoms with van der Waals surface area (Å²) in [6, 6.07) is 0. The molecule has 0 unspecified atom stereocenters. The number of hydrogen-bond donors (Lipinski definition) is 1. The summed E-state index contributed by atoms with van der Waals surface area (Å²) in [5.74, 6) is -5.68. The van der Waals surface area contributed by atoms with Gasteiger partial charge in [-0.05, 0) is 32.4 Å². The van der Waals surface area contributed by atoms with Crippen LogP contribution in [0.15, 0.2) is 35.6 Å². The van der Waals surface area contributed by atoms with E-state index >= 15 is 0 Å². The molecule has 2 bridgehead atoms. The summed E-state index contributed by atoms with van der Waals surface area (Å²) in [4.78, 5) is 36.6. The Hall–Kier alpha value is -1.45. The summed E-state index contributed by atoms with van der Waals surface area (Å²) in [6.07, 6.45) is 1.34. The number of aliphatic hydroxyl groups is 1. The molecule has 0 radical (unpaired) electrons. The molecule has 1 N–H and O–H groups in total. The van der Waals surface area contributed by atoms with Gasteiger partial charge in [-0.2, -0.15) is 0 Å². The zero-order valence-corrected chi connectivity index (χ0v) is 18.1. The Morgan fingerprint density at radius 1 is 1.36 bits per heavy atom. The van der Waals surface area contributed by atoms with Gasteiger partial charge in [-0.1, -0.05) is 6.58 Å². The van der Waals surface area contributed by atoms with E-state index in [0.717, 1.165) is 0 Å². The third-order valence-corrected chi connectivity index (χ3v) is 6.28. The van der Waals surface area contributed by atoms with Crippen molar-refractivity contribution in [1.82, 2.24) is 0 Å². The number of carbonyl (C=O) groups excluding carboxylic acids is 3. The van der Waals surface area contributed by atoms with Crippen molar-refractivity contribution in [2.24, 2.45) is 11.3 Å². The predicted octanol–water partition coefficient (Wildman–Crippen LogP) is -3.48. The zero-order valence-electron chi connectivity index (χ0n) is 16.1. The molecule has 4 aliphatic rings. The van der Waals surface area contributed by atoms with Gasteiger partial charge in [0, 0.05) is 24.0 Å². The van der Waals surface area contributed by atoms with Gasteiger partial charge in [0.15, 0.2) is 5.60 Å². The molecule has 0 aromatic heterocycles. The van der Waals surface area contributed by atoms with Crippen molar-refractivity contribution in [1.29, 1.82) is 0 Å². The van der Waals surface area contributed by atoms with Gasteiger partial charge in [0.25, 0.3) is 0 Å². The molecule has 8 nitrogen and oxygen atoms in total. The molecule has 4 heterocycles. The van der Waals surface area contributed by atoms with Crippen molar-refractivity contribution < 1.29 is 68.4 Å². The van der Waals surface area contributed by atoms with Crippen LogP contribution in [0.1, 0.15) is 27.2 Å². The van der Waals surface area contributed by atoms with E-state index in [1.165, 1.54) is 13.0 Å². The van der Waals surface area contributed by atoms with Crippen molar-refractivity contribution in [3.05, 3.63) is 35.6 Å². The summed E-state index contributed by atoms with van der Waals surface area (Å²) in [5, 5.41) is 22.5. The van der Waals surface area contributed by atoms with E-state index in [4.69, 9.17) is 14.2 Å². The van der Waals surface area contributed by atoms with Crippen LogP contribution >= 0.6 is 0 Å². The fourth-order valence-electron chi connectivity index (χ4n) is 4.62. The number of carboxylic acid groups (broad SMARTS) is 1. The molecule has 28 heavy (non-hydrogen) atoms. The molecule has 0 aliphatic carbocycles. The van der Waals surface area contributed by atoms with E-state index in [1.807, 2.05) is 0 Å². The largest absolute Gasteiger partial charge is 1.00 e. The number of rotatable bonds is 2. The first-order valence-corrected chi connectivity index (χ1v) is 8.60. The summed E-state index contributed by atoms with van der Waals surface area (Å²) >= 11 is 0. The second-order valence-corrected chi connectivity index (χ2v) is 7.92. The minimum absolute atomic E-state index is 0. The van der Waals surface area contributed by atoms with Crippen LogP contribution in [-0.4, -0.2) is 46.4 Å². The second-order valence-electron chi connectivity index (χ2n) is 7.92. The summed E-state index contributed by atoms with van der Waals surface area (Å²) in [6.45, 7) is 8.05. The number of fused-ring (bicyclic) bond motifs is 2. The Morgan fingerprint density at radius 3 is 2.61 bits per heavy atom. The first-order valence-electron chi connectivity index (χ1n) is 8.60. The van der Waals surface area contributed by atoms with Crippen molar-refractivity contribution in [3.63, 3.8) is 0 Å². The van der Waals surface area contributed by atoms with Gasteiger partial charge in [0.2, 0.25) is 11.6 Å². The maximum Gasteiger partial charge on any atom is 1.00 e. The Labute approximate surface area is 183 Å². The van der Waals surface area contributed by atoms with E-state index < -0.39 is 52.4 Å². The molecule has 2 fully saturated rings. The van der Waals surface area contributed by atoms with Gasteiger partial charge >= 0.3 is 35.5 Å². The maximum absolute atomic E-state index is 12.7. The van der Waals surface area contributed by atoms with Crippen LogP contribution in [0, 0.1) is 11.3 Å². The van der Waals surface area contributed by atoms with Crippen LogP contribution in [0.4, 0.5) is 0 Å². The average Bonchev–Trinajstić information content (AvgIpc) is 3.09. The number of aliphatic carboxylic acids is 1. The topological polar surface area (TPSA) is 122 Å². The van der Waals surface area contributed by atoms with Gasteiger partial charge in [-0.15, -0.1) is 0 Å². The fraction of sp³-hybridized carbons (Fsp3) is 0.526. The fourth-order valence-corrected chi connectivity index (χ4v) is 4.62. The molecule has 4 aliphatic heterocycles. The van der Waals surface area contributed by atoms with Crippen LogP contribution in [-0.2, 0) is 28.6 Å². The van der Waals surface area contributed by atoms with E-state index in [1.54, 1.807) is 19.9 Å². The first kappa shape index (κ1) is 21.3. The normalized spacial score (nSPS) is 45.2. The number of carbonyl (C=O) groups is 3. The van der Waals surface area contributed by atoms with E-state index in [2.05, 4.69) is 6.58 Å². The average molecular weight is 398 g/mol. The zero-order chi connectivity index (χ0) is 19.9. The van der Waals surface area contributed by atoms with Crippen molar-refractivity contribution in [3.8, 4) is 0 Å². The van der Waals surface area contributed by atoms with Gasteiger partial charge < -0.3 is 29.2 Å². The molecule has 9 heteroatoms.